The Kier molecular flexibility index (Phi) is 3.36. The molecule has 0 atom stereocenters. The fourth-order valence-electron chi connectivity index (χ4n) is 1.05. The number of hydrogen-bond donors (Lipinski definition) is 1. The monoisotopic (exact) mass is 157 g/mol. The standard InChI is InChI=1S/C8H15NO2/c1-2-11-8(10)6-9-7-4-3-5-7/h7,9H,2-6H2,1H3. The van der Waals surface area contributed by atoms with E-state index < -0.39 is 0 Å². The molecule has 3 heteroatoms. The zero-order valence-corrected chi connectivity index (χ0v) is 6.93. The van der Waals surface area contributed by atoms with Gasteiger partial charge in [-0.25, -0.2) is 0 Å². The predicted octanol–water partition coefficient (Wildman–Crippen LogP) is 0.692. The van der Waals surface area contributed by atoms with Crippen molar-refractivity contribution < 1.29 is 9.53 Å². The number of ether oxygens (including phenoxy) is 1. The highest BCUT2D eigenvalue weighted by Crippen LogP contribution is 2.17. The topological polar surface area (TPSA) is 38.3 Å². The van der Waals surface area contributed by atoms with E-state index in [-0.39, 0.29) is 5.97 Å². The second kappa shape index (κ2) is 4.34. The van der Waals surface area contributed by atoms with E-state index >= 15 is 0 Å². The summed E-state index contributed by atoms with van der Waals surface area (Å²) >= 11 is 0. The van der Waals surface area contributed by atoms with Gasteiger partial charge in [-0.3, -0.25) is 4.79 Å². The summed E-state index contributed by atoms with van der Waals surface area (Å²) in [5.74, 6) is -0.139. The largest absolute Gasteiger partial charge is 0.465 e. The van der Waals surface area contributed by atoms with Crippen molar-refractivity contribution in [3.05, 3.63) is 0 Å². The van der Waals surface area contributed by atoms with Gasteiger partial charge in [0.2, 0.25) is 0 Å². The van der Waals surface area contributed by atoms with E-state index in [1.165, 1.54) is 19.3 Å². The number of esters is 1. The predicted molar refractivity (Wildman–Crippen MR) is 42.3 cm³/mol. The number of nitrogens with one attached hydrogen (secondary N) is 1. The third-order valence-corrected chi connectivity index (χ3v) is 1.95. The van der Waals surface area contributed by atoms with Crippen LogP contribution in [0.5, 0.6) is 0 Å². The molecule has 0 unspecified atom stereocenters. The summed E-state index contributed by atoms with van der Waals surface area (Å²) in [5.41, 5.74) is 0. The number of carbonyl (C=O) groups excluding carboxylic acids is 1. The molecule has 0 bridgehead atoms. The Bertz CT molecular complexity index is 132. The molecule has 3 nitrogen and oxygen atoms in total. The molecule has 1 rings (SSSR count). The van der Waals surface area contributed by atoms with Crippen LogP contribution >= 0.6 is 0 Å². The van der Waals surface area contributed by atoms with Crippen molar-refractivity contribution in [3.63, 3.8) is 0 Å². The molecule has 64 valence electrons. The van der Waals surface area contributed by atoms with Crippen molar-refractivity contribution in [2.24, 2.45) is 0 Å². The molecule has 1 saturated carbocycles. The second-order valence-electron chi connectivity index (χ2n) is 2.81. The van der Waals surface area contributed by atoms with Gasteiger partial charge in [-0.15, -0.1) is 0 Å². The molecule has 0 aromatic carbocycles. The summed E-state index contributed by atoms with van der Waals surface area (Å²) in [6.07, 6.45) is 3.71. The van der Waals surface area contributed by atoms with Gasteiger partial charge in [-0.05, 0) is 19.8 Å². The van der Waals surface area contributed by atoms with Crippen LogP contribution in [0.2, 0.25) is 0 Å². The zero-order valence-electron chi connectivity index (χ0n) is 6.93. The van der Waals surface area contributed by atoms with Crippen LogP contribution in [-0.4, -0.2) is 25.2 Å². The average molecular weight is 157 g/mol. The van der Waals surface area contributed by atoms with Crippen LogP contribution in [0.1, 0.15) is 26.2 Å². The first-order valence-electron chi connectivity index (χ1n) is 4.22. The molecule has 0 aromatic heterocycles. The molecule has 0 amide bonds. The van der Waals surface area contributed by atoms with Gasteiger partial charge >= 0.3 is 5.97 Å². The SMILES string of the molecule is CCOC(=O)CNC1CCC1. The first kappa shape index (κ1) is 8.53. The molecule has 1 aliphatic carbocycles. The van der Waals surface area contributed by atoms with Gasteiger partial charge in [0, 0.05) is 6.04 Å². The third kappa shape index (κ3) is 2.89. The van der Waals surface area contributed by atoms with Gasteiger partial charge in [0.25, 0.3) is 0 Å². The maximum atomic E-state index is 10.8. The summed E-state index contributed by atoms with van der Waals surface area (Å²) in [6.45, 7) is 2.67. The second-order valence-corrected chi connectivity index (χ2v) is 2.81. The number of rotatable bonds is 4. The molecule has 0 heterocycles. The van der Waals surface area contributed by atoms with Gasteiger partial charge in [0.1, 0.15) is 0 Å². The smallest absolute Gasteiger partial charge is 0.319 e. The van der Waals surface area contributed by atoms with Crippen LogP contribution in [0.25, 0.3) is 0 Å². The summed E-state index contributed by atoms with van der Waals surface area (Å²) in [4.78, 5) is 10.8. The Morgan fingerprint density at radius 3 is 2.82 bits per heavy atom. The lowest BCUT2D eigenvalue weighted by Crippen LogP contribution is -2.38. The Hall–Kier alpha value is -0.570. The molecule has 0 saturated heterocycles. The van der Waals surface area contributed by atoms with Crippen LogP contribution in [-0.2, 0) is 9.53 Å². The fourth-order valence-corrected chi connectivity index (χ4v) is 1.05. The van der Waals surface area contributed by atoms with E-state index in [0.29, 0.717) is 19.2 Å². The summed E-state index contributed by atoms with van der Waals surface area (Å²) in [7, 11) is 0. The molecular formula is C8H15NO2. The lowest BCUT2D eigenvalue weighted by molar-refractivity contribution is -0.142. The van der Waals surface area contributed by atoms with Gasteiger partial charge in [0.05, 0.1) is 13.2 Å². The minimum atomic E-state index is -0.139. The van der Waals surface area contributed by atoms with Crippen molar-refractivity contribution in [3.8, 4) is 0 Å². The van der Waals surface area contributed by atoms with Gasteiger partial charge < -0.3 is 10.1 Å². The number of hydrogen-bond acceptors (Lipinski definition) is 3. The normalized spacial score (nSPS) is 17.5. The lowest BCUT2D eigenvalue weighted by Gasteiger charge is -2.25. The molecule has 0 radical (unpaired) electrons. The summed E-state index contributed by atoms with van der Waals surface area (Å²) in [5, 5.41) is 3.13. The lowest BCUT2D eigenvalue weighted by atomic mass is 9.93. The molecule has 1 fully saturated rings. The molecule has 1 aliphatic rings. The first-order chi connectivity index (χ1) is 5.33. The molecular weight excluding hydrogens is 142 g/mol. The van der Waals surface area contributed by atoms with Crippen LogP contribution in [0.4, 0.5) is 0 Å². The van der Waals surface area contributed by atoms with E-state index in [0.717, 1.165) is 0 Å². The average Bonchev–Trinajstić information content (AvgIpc) is 1.85. The summed E-state index contributed by atoms with van der Waals surface area (Å²) < 4.78 is 4.76. The maximum absolute atomic E-state index is 10.8. The van der Waals surface area contributed by atoms with E-state index in [1.807, 2.05) is 6.92 Å². The first-order valence-corrected chi connectivity index (χ1v) is 4.22. The van der Waals surface area contributed by atoms with Crippen LogP contribution in [0.3, 0.4) is 0 Å². The Morgan fingerprint density at radius 2 is 2.36 bits per heavy atom. The molecule has 11 heavy (non-hydrogen) atoms. The fraction of sp³-hybridized carbons (Fsp3) is 0.875. The zero-order chi connectivity index (χ0) is 8.10. The number of carbonyl (C=O) groups is 1. The molecule has 0 aromatic rings. The highest BCUT2D eigenvalue weighted by molar-refractivity contribution is 5.71. The van der Waals surface area contributed by atoms with E-state index in [2.05, 4.69) is 5.32 Å². The highest BCUT2D eigenvalue weighted by atomic mass is 16.5. The third-order valence-electron chi connectivity index (χ3n) is 1.95. The Morgan fingerprint density at radius 1 is 1.64 bits per heavy atom. The molecule has 0 aliphatic heterocycles. The van der Waals surface area contributed by atoms with Gasteiger partial charge in [-0.2, -0.15) is 0 Å². The van der Waals surface area contributed by atoms with Crippen molar-refractivity contribution in [2.75, 3.05) is 13.2 Å². The molecule has 0 spiro atoms. The summed E-state index contributed by atoms with van der Waals surface area (Å²) in [6, 6.07) is 0.569. The van der Waals surface area contributed by atoms with Crippen LogP contribution < -0.4 is 5.32 Å². The Balaban J connectivity index is 1.96. The van der Waals surface area contributed by atoms with Gasteiger partial charge in [0.15, 0.2) is 0 Å². The van der Waals surface area contributed by atoms with Crippen molar-refractivity contribution in [1.82, 2.24) is 5.32 Å². The van der Waals surface area contributed by atoms with Crippen LogP contribution in [0.15, 0.2) is 0 Å². The van der Waals surface area contributed by atoms with Crippen molar-refractivity contribution in [2.45, 2.75) is 32.2 Å². The van der Waals surface area contributed by atoms with Crippen molar-refractivity contribution in [1.29, 1.82) is 0 Å². The highest BCUT2D eigenvalue weighted by Gasteiger charge is 2.17. The van der Waals surface area contributed by atoms with Crippen molar-refractivity contribution >= 4 is 5.97 Å². The quantitative estimate of drug-likeness (QED) is 0.610. The minimum Gasteiger partial charge on any atom is -0.465 e. The minimum absolute atomic E-state index is 0.139. The van der Waals surface area contributed by atoms with Gasteiger partial charge in [-0.1, -0.05) is 6.42 Å². The van der Waals surface area contributed by atoms with E-state index in [1.54, 1.807) is 0 Å². The van der Waals surface area contributed by atoms with E-state index in [4.69, 9.17) is 4.74 Å². The van der Waals surface area contributed by atoms with E-state index in [9.17, 15) is 4.79 Å². The maximum Gasteiger partial charge on any atom is 0.319 e. The van der Waals surface area contributed by atoms with Crippen LogP contribution in [0, 0.1) is 0 Å². The Labute approximate surface area is 67.1 Å². The molecule has 1 N–H and O–H groups in total.